The first kappa shape index (κ1) is 11.1. The molecule has 0 radical (unpaired) electrons. The van der Waals surface area contributed by atoms with Gasteiger partial charge in [-0.05, 0) is 25.0 Å². The van der Waals surface area contributed by atoms with Crippen molar-refractivity contribution >= 4 is 5.91 Å². The molecule has 1 aromatic carbocycles. The number of nitrogens with zero attached hydrogens (tertiary/aromatic N) is 1. The first-order chi connectivity index (χ1) is 7.65. The molecule has 0 aromatic heterocycles. The van der Waals surface area contributed by atoms with E-state index in [0.717, 1.165) is 13.1 Å². The van der Waals surface area contributed by atoms with Crippen molar-refractivity contribution in [1.29, 1.82) is 0 Å². The Hall–Kier alpha value is -1.35. The minimum atomic E-state index is 0.114. The molecule has 2 rings (SSSR count). The lowest BCUT2D eigenvalue weighted by atomic mass is 10.1. The van der Waals surface area contributed by atoms with Crippen molar-refractivity contribution in [3.63, 3.8) is 0 Å². The summed E-state index contributed by atoms with van der Waals surface area (Å²) in [7, 11) is 0. The van der Waals surface area contributed by atoms with E-state index in [1.807, 2.05) is 13.8 Å². The van der Waals surface area contributed by atoms with Gasteiger partial charge in [-0.1, -0.05) is 24.3 Å². The molecule has 1 amide bonds. The van der Waals surface area contributed by atoms with E-state index in [4.69, 9.17) is 0 Å². The van der Waals surface area contributed by atoms with Crippen molar-refractivity contribution in [3.8, 4) is 0 Å². The van der Waals surface area contributed by atoms with Crippen LogP contribution in [0.25, 0.3) is 0 Å². The third-order valence-corrected chi connectivity index (χ3v) is 2.72. The second-order valence-corrected chi connectivity index (χ2v) is 4.64. The summed E-state index contributed by atoms with van der Waals surface area (Å²) < 4.78 is 0. The van der Waals surface area contributed by atoms with Crippen molar-refractivity contribution in [2.45, 2.75) is 33.0 Å². The molecule has 0 unspecified atom stereocenters. The summed E-state index contributed by atoms with van der Waals surface area (Å²) >= 11 is 0. The van der Waals surface area contributed by atoms with Gasteiger partial charge in [0.2, 0.25) is 5.91 Å². The van der Waals surface area contributed by atoms with Crippen LogP contribution in [0.5, 0.6) is 0 Å². The quantitative estimate of drug-likeness (QED) is 0.834. The fraction of sp³-hybridized carbons (Fsp3) is 0.462. The van der Waals surface area contributed by atoms with E-state index >= 15 is 0 Å². The van der Waals surface area contributed by atoms with Gasteiger partial charge in [0, 0.05) is 19.1 Å². The summed E-state index contributed by atoms with van der Waals surface area (Å²) in [4.78, 5) is 13.8. The Bertz CT molecular complexity index is 362. The van der Waals surface area contributed by atoms with Crippen LogP contribution in [0, 0.1) is 0 Å². The van der Waals surface area contributed by atoms with Crippen molar-refractivity contribution in [1.82, 2.24) is 10.2 Å². The number of hydrogen-bond acceptors (Lipinski definition) is 2. The Balaban J connectivity index is 1.90. The number of benzene rings is 1. The monoisotopic (exact) mass is 218 g/mol. The smallest absolute Gasteiger partial charge is 0.234 e. The summed E-state index contributed by atoms with van der Waals surface area (Å²) in [6, 6.07) is 8.59. The highest BCUT2D eigenvalue weighted by molar-refractivity contribution is 5.78. The van der Waals surface area contributed by atoms with Gasteiger partial charge < -0.3 is 5.32 Å². The Labute approximate surface area is 96.5 Å². The molecule has 1 heterocycles. The fourth-order valence-electron chi connectivity index (χ4n) is 2.09. The van der Waals surface area contributed by atoms with Crippen molar-refractivity contribution in [2.75, 3.05) is 6.54 Å². The minimum absolute atomic E-state index is 0.114. The standard InChI is InChI=1S/C13H18N2O/c1-10(2)14-13(16)9-15-7-11-5-3-4-6-12(11)8-15/h3-6,10H,7-9H2,1-2H3,(H,14,16). The van der Waals surface area contributed by atoms with Crippen LogP contribution in [0.1, 0.15) is 25.0 Å². The van der Waals surface area contributed by atoms with Crippen LogP contribution >= 0.6 is 0 Å². The molecule has 0 aliphatic carbocycles. The first-order valence-corrected chi connectivity index (χ1v) is 5.73. The van der Waals surface area contributed by atoms with Crippen LogP contribution in [-0.4, -0.2) is 23.4 Å². The van der Waals surface area contributed by atoms with Gasteiger partial charge in [0.25, 0.3) is 0 Å². The molecule has 0 fully saturated rings. The van der Waals surface area contributed by atoms with Crippen molar-refractivity contribution in [3.05, 3.63) is 35.4 Å². The summed E-state index contributed by atoms with van der Waals surface area (Å²) in [5.41, 5.74) is 2.69. The Morgan fingerprint density at radius 3 is 2.38 bits per heavy atom. The third kappa shape index (κ3) is 2.61. The average molecular weight is 218 g/mol. The van der Waals surface area contributed by atoms with Gasteiger partial charge in [-0.25, -0.2) is 0 Å². The minimum Gasteiger partial charge on any atom is -0.353 e. The summed E-state index contributed by atoms with van der Waals surface area (Å²) in [6.45, 7) is 6.24. The number of hydrogen-bond donors (Lipinski definition) is 1. The molecule has 3 nitrogen and oxygen atoms in total. The second-order valence-electron chi connectivity index (χ2n) is 4.64. The molecule has 3 heteroatoms. The second kappa shape index (κ2) is 4.66. The van der Waals surface area contributed by atoms with Crippen LogP contribution < -0.4 is 5.32 Å². The maximum atomic E-state index is 11.6. The third-order valence-electron chi connectivity index (χ3n) is 2.72. The zero-order valence-corrected chi connectivity index (χ0v) is 9.86. The first-order valence-electron chi connectivity index (χ1n) is 5.73. The number of carbonyl (C=O) groups excluding carboxylic acids is 1. The number of carbonyl (C=O) groups is 1. The molecule has 86 valence electrons. The van der Waals surface area contributed by atoms with Gasteiger partial charge in [0.15, 0.2) is 0 Å². The predicted octanol–water partition coefficient (Wildman–Crippen LogP) is 1.53. The van der Waals surface area contributed by atoms with Gasteiger partial charge in [-0.15, -0.1) is 0 Å². The van der Waals surface area contributed by atoms with E-state index in [0.29, 0.717) is 6.54 Å². The Morgan fingerprint density at radius 1 is 1.31 bits per heavy atom. The van der Waals surface area contributed by atoms with E-state index in [-0.39, 0.29) is 11.9 Å². The number of fused-ring (bicyclic) bond motifs is 1. The van der Waals surface area contributed by atoms with E-state index < -0.39 is 0 Å². The summed E-state index contributed by atoms with van der Waals surface area (Å²) in [5.74, 6) is 0.114. The van der Waals surface area contributed by atoms with Gasteiger partial charge in [0.1, 0.15) is 0 Å². The molecule has 0 atom stereocenters. The van der Waals surface area contributed by atoms with E-state index in [1.165, 1.54) is 11.1 Å². The molecule has 0 spiro atoms. The molecule has 1 aliphatic heterocycles. The maximum Gasteiger partial charge on any atom is 0.234 e. The van der Waals surface area contributed by atoms with Gasteiger partial charge in [-0.3, -0.25) is 9.69 Å². The summed E-state index contributed by atoms with van der Waals surface area (Å²) in [6.07, 6.45) is 0. The molecular weight excluding hydrogens is 200 g/mol. The van der Waals surface area contributed by atoms with Crippen LogP contribution in [0.4, 0.5) is 0 Å². The van der Waals surface area contributed by atoms with Crippen LogP contribution in [0.2, 0.25) is 0 Å². The summed E-state index contributed by atoms with van der Waals surface area (Å²) in [5, 5.41) is 2.92. The van der Waals surface area contributed by atoms with Gasteiger partial charge in [0.05, 0.1) is 6.54 Å². The van der Waals surface area contributed by atoms with Crippen LogP contribution in [-0.2, 0) is 17.9 Å². The van der Waals surface area contributed by atoms with Gasteiger partial charge >= 0.3 is 0 Å². The topological polar surface area (TPSA) is 32.3 Å². The number of amides is 1. The molecular formula is C13H18N2O. The van der Waals surface area contributed by atoms with Crippen LogP contribution in [0.3, 0.4) is 0 Å². The Kier molecular flexibility index (Phi) is 3.25. The van der Waals surface area contributed by atoms with Crippen molar-refractivity contribution < 1.29 is 4.79 Å². The largest absolute Gasteiger partial charge is 0.353 e. The molecule has 0 saturated heterocycles. The molecule has 16 heavy (non-hydrogen) atoms. The van der Waals surface area contributed by atoms with Crippen LogP contribution in [0.15, 0.2) is 24.3 Å². The van der Waals surface area contributed by atoms with E-state index in [2.05, 4.69) is 34.5 Å². The zero-order valence-electron chi connectivity index (χ0n) is 9.86. The molecule has 1 N–H and O–H groups in total. The predicted molar refractivity (Wildman–Crippen MR) is 63.8 cm³/mol. The maximum absolute atomic E-state index is 11.6. The highest BCUT2D eigenvalue weighted by Crippen LogP contribution is 2.21. The number of rotatable bonds is 3. The van der Waals surface area contributed by atoms with E-state index in [1.54, 1.807) is 0 Å². The van der Waals surface area contributed by atoms with Gasteiger partial charge in [-0.2, -0.15) is 0 Å². The number of nitrogens with one attached hydrogen (secondary N) is 1. The average Bonchev–Trinajstić information content (AvgIpc) is 2.57. The highest BCUT2D eigenvalue weighted by atomic mass is 16.2. The zero-order chi connectivity index (χ0) is 11.5. The SMILES string of the molecule is CC(C)NC(=O)CN1Cc2ccccc2C1. The molecule has 0 saturated carbocycles. The normalized spacial score (nSPS) is 15.2. The van der Waals surface area contributed by atoms with E-state index in [9.17, 15) is 4.79 Å². The molecule has 1 aliphatic rings. The molecule has 0 bridgehead atoms. The lowest BCUT2D eigenvalue weighted by Gasteiger charge is -2.15. The fourth-order valence-corrected chi connectivity index (χ4v) is 2.09. The lowest BCUT2D eigenvalue weighted by molar-refractivity contribution is -0.122. The van der Waals surface area contributed by atoms with Crippen molar-refractivity contribution in [2.24, 2.45) is 0 Å². The lowest BCUT2D eigenvalue weighted by Crippen LogP contribution is -2.38. The highest BCUT2D eigenvalue weighted by Gasteiger charge is 2.20. The molecule has 1 aromatic rings. The Morgan fingerprint density at radius 2 is 1.88 bits per heavy atom.